The van der Waals surface area contributed by atoms with Crippen molar-refractivity contribution in [1.29, 1.82) is 0 Å². The summed E-state index contributed by atoms with van der Waals surface area (Å²) in [6, 6.07) is 8.47. The fraction of sp³-hybridized carbons (Fsp3) is 0.500. The van der Waals surface area contributed by atoms with Crippen LogP contribution in [0.15, 0.2) is 24.3 Å². The topological polar surface area (TPSA) is 0 Å². The summed E-state index contributed by atoms with van der Waals surface area (Å²) in [7, 11) is -1.60. The molecule has 0 aliphatic carbocycles. The van der Waals surface area contributed by atoms with E-state index in [2.05, 4.69) is 81.5 Å². The molecule has 0 unspecified atom stereocenters. The van der Waals surface area contributed by atoms with Crippen LogP contribution in [-0.2, 0) is 19.2 Å². The van der Waals surface area contributed by atoms with Gasteiger partial charge in [-0.05, 0) is 0 Å². The molecule has 20 heavy (non-hydrogen) atoms. The first-order valence-corrected chi connectivity index (χ1v) is 11.1. The molecular weight excluding hydrogens is 428 g/mol. The van der Waals surface area contributed by atoms with E-state index in [0.29, 0.717) is 16.6 Å². The molecule has 0 radical (unpaired) electrons. The van der Waals surface area contributed by atoms with Gasteiger partial charge in [0.15, 0.2) is 0 Å². The van der Waals surface area contributed by atoms with Crippen LogP contribution in [0.4, 0.5) is 0 Å². The average molecular weight is 453 g/mol. The van der Waals surface area contributed by atoms with Gasteiger partial charge in [0, 0.05) is 0 Å². The molecular formula is C18H25SiW. The van der Waals surface area contributed by atoms with Crippen LogP contribution >= 0.6 is 0 Å². The van der Waals surface area contributed by atoms with Crippen molar-refractivity contribution in [2.75, 3.05) is 0 Å². The first-order chi connectivity index (χ1) is 9.34. The zero-order valence-electron chi connectivity index (χ0n) is 13.4. The van der Waals surface area contributed by atoms with Crippen molar-refractivity contribution in [3.05, 3.63) is 35.4 Å². The van der Waals surface area contributed by atoms with Gasteiger partial charge >= 0.3 is 136 Å². The first kappa shape index (κ1) is 17.5. The van der Waals surface area contributed by atoms with Crippen molar-refractivity contribution in [1.82, 2.24) is 0 Å². The van der Waals surface area contributed by atoms with E-state index in [9.17, 15) is 0 Å². The Kier molecular flexibility index (Phi) is 6.54. The normalized spacial score (nSPS) is 11.4. The Balaban J connectivity index is 3.20. The molecule has 0 aliphatic heterocycles. The molecule has 0 aliphatic rings. The van der Waals surface area contributed by atoms with Gasteiger partial charge in [-0.25, -0.2) is 0 Å². The molecule has 0 bridgehead atoms. The van der Waals surface area contributed by atoms with Crippen molar-refractivity contribution < 1.29 is 19.2 Å². The molecule has 0 N–H and O–H groups in total. The molecule has 0 amide bonds. The van der Waals surface area contributed by atoms with Gasteiger partial charge in [-0.2, -0.15) is 0 Å². The molecule has 0 saturated carbocycles. The van der Waals surface area contributed by atoms with Crippen LogP contribution in [0.5, 0.6) is 0 Å². The Labute approximate surface area is 136 Å². The van der Waals surface area contributed by atoms with Crippen LogP contribution < -0.4 is 0 Å². The van der Waals surface area contributed by atoms with Gasteiger partial charge in [0.2, 0.25) is 0 Å². The Morgan fingerprint density at radius 1 is 0.800 bits per heavy atom. The van der Waals surface area contributed by atoms with Crippen molar-refractivity contribution >= 4 is 8.07 Å². The van der Waals surface area contributed by atoms with E-state index in [4.69, 9.17) is 0 Å². The SMILES string of the molecule is CC(C)[Si](C#Cc1ccc([C]#[W])cc1)(C(C)C)C(C)C. The van der Waals surface area contributed by atoms with Gasteiger partial charge in [-0.1, -0.05) is 0 Å². The Hall–Kier alpha value is -0.535. The maximum atomic E-state index is 3.76. The molecule has 107 valence electrons. The standard InChI is InChI=1S/C18H25Si.W/c1-14(2)19(15(3)4,16(5)6)13-12-18-10-8-17(7)9-11-18;/h8-11,14-16H,1-6H3;. The summed E-state index contributed by atoms with van der Waals surface area (Å²) >= 11 is 1.37. The predicted molar refractivity (Wildman–Crippen MR) is 87.4 cm³/mol. The van der Waals surface area contributed by atoms with Gasteiger partial charge < -0.3 is 0 Å². The minimum absolute atomic E-state index is 0.690. The molecule has 0 heterocycles. The van der Waals surface area contributed by atoms with Crippen molar-refractivity contribution in [3.63, 3.8) is 0 Å². The molecule has 0 fully saturated rings. The summed E-state index contributed by atoms with van der Waals surface area (Å²) in [5, 5.41) is 0. The Morgan fingerprint density at radius 2 is 1.20 bits per heavy atom. The summed E-state index contributed by atoms with van der Waals surface area (Å²) in [4.78, 5) is 0. The van der Waals surface area contributed by atoms with Crippen LogP contribution in [0.25, 0.3) is 0 Å². The number of hydrogen-bond acceptors (Lipinski definition) is 0. The van der Waals surface area contributed by atoms with Gasteiger partial charge in [0.1, 0.15) is 0 Å². The molecule has 2 heteroatoms. The second-order valence-electron chi connectivity index (χ2n) is 6.33. The van der Waals surface area contributed by atoms with E-state index in [-0.39, 0.29) is 0 Å². The summed E-state index contributed by atoms with van der Waals surface area (Å²) in [6.07, 6.45) is 0. The molecule has 0 atom stereocenters. The number of benzene rings is 1. The second-order valence-corrected chi connectivity index (χ2v) is 12.6. The van der Waals surface area contributed by atoms with E-state index in [1.54, 1.807) is 0 Å². The summed E-state index contributed by atoms with van der Waals surface area (Å²) in [6.45, 7) is 14.1. The van der Waals surface area contributed by atoms with E-state index in [1.807, 2.05) is 0 Å². The van der Waals surface area contributed by atoms with Gasteiger partial charge in [-0.3, -0.25) is 0 Å². The van der Waals surface area contributed by atoms with Crippen LogP contribution in [0.3, 0.4) is 0 Å². The maximum absolute atomic E-state index is 3.76. The van der Waals surface area contributed by atoms with Crippen molar-refractivity contribution in [2.24, 2.45) is 0 Å². The zero-order chi connectivity index (χ0) is 15.3. The molecule has 1 rings (SSSR count). The van der Waals surface area contributed by atoms with Crippen LogP contribution in [0.1, 0.15) is 52.7 Å². The summed E-state index contributed by atoms with van der Waals surface area (Å²) in [5.74, 6) is 3.47. The van der Waals surface area contributed by atoms with Gasteiger partial charge in [0.25, 0.3) is 0 Å². The minimum atomic E-state index is -1.60. The fourth-order valence-electron chi connectivity index (χ4n) is 3.24. The fourth-order valence-corrected chi connectivity index (χ4v) is 8.95. The predicted octanol–water partition coefficient (Wildman–Crippen LogP) is 5.11. The third-order valence-corrected chi connectivity index (χ3v) is 11.4. The number of rotatable bonds is 3. The molecule has 0 spiro atoms. The third-order valence-electron chi connectivity index (χ3n) is 4.29. The molecule has 0 aromatic heterocycles. The van der Waals surface area contributed by atoms with Crippen LogP contribution in [0, 0.1) is 15.7 Å². The summed E-state index contributed by atoms with van der Waals surface area (Å²) in [5.41, 5.74) is 8.14. The molecule has 1 aromatic carbocycles. The van der Waals surface area contributed by atoms with Crippen LogP contribution in [-0.4, -0.2) is 8.07 Å². The van der Waals surface area contributed by atoms with E-state index >= 15 is 0 Å². The zero-order valence-corrected chi connectivity index (χ0v) is 17.4. The number of hydrogen-bond donors (Lipinski definition) is 0. The van der Waals surface area contributed by atoms with Crippen molar-refractivity contribution in [2.45, 2.75) is 58.2 Å². The Morgan fingerprint density at radius 3 is 1.55 bits per heavy atom. The van der Waals surface area contributed by atoms with E-state index in [1.165, 1.54) is 24.7 Å². The molecule has 0 saturated heterocycles. The monoisotopic (exact) mass is 453 g/mol. The molecule has 1 aromatic rings. The Bertz CT molecular complexity index is 514. The summed E-state index contributed by atoms with van der Waals surface area (Å²) < 4.78 is 3.23. The quantitative estimate of drug-likeness (QED) is 0.441. The molecule has 0 nitrogen and oxygen atoms in total. The van der Waals surface area contributed by atoms with E-state index < -0.39 is 8.07 Å². The third kappa shape index (κ3) is 3.76. The van der Waals surface area contributed by atoms with Gasteiger partial charge in [0.05, 0.1) is 0 Å². The second kappa shape index (κ2) is 7.47. The average Bonchev–Trinajstić information content (AvgIpc) is 2.38. The van der Waals surface area contributed by atoms with E-state index in [0.717, 1.165) is 5.56 Å². The van der Waals surface area contributed by atoms with Crippen LogP contribution in [0.2, 0.25) is 16.6 Å². The van der Waals surface area contributed by atoms with Crippen molar-refractivity contribution in [3.8, 4) is 15.7 Å². The first-order valence-electron chi connectivity index (χ1n) is 7.36. The van der Waals surface area contributed by atoms with Gasteiger partial charge in [-0.15, -0.1) is 0 Å².